The summed E-state index contributed by atoms with van der Waals surface area (Å²) in [5.41, 5.74) is 6.20. The van der Waals surface area contributed by atoms with Gasteiger partial charge in [-0.2, -0.15) is 0 Å². The molecule has 7 heteroatoms. The van der Waals surface area contributed by atoms with E-state index in [0.29, 0.717) is 11.5 Å². The first-order chi connectivity index (χ1) is 9.33. The van der Waals surface area contributed by atoms with E-state index >= 15 is 0 Å². The number of furan rings is 2. The van der Waals surface area contributed by atoms with Gasteiger partial charge in [-0.05, 0) is 39.0 Å². The summed E-state index contributed by atoms with van der Waals surface area (Å²) >= 11 is 0. The summed E-state index contributed by atoms with van der Waals surface area (Å²) in [5.74, 6) is 1.86. The summed E-state index contributed by atoms with van der Waals surface area (Å²) in [7, 11) is -3.72. The molecular formula is C13H18N2O4S. The van der Waals surface area contributed by atoms with E-state index in [9.17, 15) is 8.42 Å². The lowest BCUT2D eigenvalue weighted by atomic mass is 10.1. The van der Waals surface area contributed by atoms with Crippen molar-refractivity contribution in [2.75, 3.05) is 0 Å². The van der Waals surface area contributed by atoms with Crippen LogP contribution in [0, 0.1) is 13.8 Å². The molecule has 20 heavy (non-hydrogen) atoms. The van der Waals surface area contributed by atoms with Crippen LogP contribution in [0.2, 0.25) is 0 Å². The number of nitrogens with two attached hydrogens (primary N) is 1. The summed E-state index contributed by atoms with van der Waals surface area (Å²) in [4.78, 5) is 0. The van der Waals surface area contributed by atoms with Gasteiger partial charge in [0.25, 0.3) is 10.0 Å². The molecule has 0 aliphatic heterocycles. The zero-order valence-corrected chi connectivity index (χ0v) is 12.5. The van der Waals surface area contributed by atoms with Gasteiger partial charge in [-0.1, -0.05) is 0 Å². The van der Waals surface area contributed by atoms with E-state index in [0.717, 1.165) is 11.3 Å². The smallest absolute Gasteiger partial charge is 0.274 e. The number of rotatable bonds is 5. The number of sulfonamides is 1. The molecule has 0 saturated heterocycles. The molecule has 0 aliphatic rings. The van der Waals surface area contributed by atoms with Crippen LogP contribution in [0.1, 0.15) is 35.8 Å². The molecule has 2 aromatic heterocycles. The third-order valence-electron chi connectivity index (χ3n) is 2.98. The van der Waals surface area contributed by atoms with Gasteiger partial charge in [-0.25, -0.2) is 13.1 Å². The van der Waals surface area contributed by atoms with Crippen LogP contribution < -0.4 is 10.5 Å². The Morgan fingerprint density at radius 2 is 2.00 bits per heavy atom. The Morgan fingerprint density at radius 1 is 1.30 bits per heavy atom. The summed E-state index contributed by atoms with van der Waals surface area (Å²) in [6.45, 7) is 5.52. The highest BCUT2D eigenvalue weighted by Gasteiger charge is 2.23. The third kappa shape index (κ3) is 2.95. The number of nitrogens with one attached hydrogen (secondary N) is 1. The maximum atomic E-state index is 12.2. The molecule has 110 valence electrons. The average molecular weight is 298 g/mol. The molecule has 2 aromatic rings. The van der Waals surface area contributed by atoms with Gasteiger partial charge in [0.1, 0.15) is 17.3 Å². The minimum Gasteiger partial charge on any atom is -0.466 e. The lowest BCUT2D eigenvalue weighted by Crippen LogP contribution is -2.26. The minimum atomic E-state index is -3.72. The van der Waals surface area contributed by atoms with Gasteiger partial charge in [0.05, 0.1) is 6.54 Å². The molecule has 0 radical (unpaired) electrons. The minimum absolute atomic E-state index is 0.136. The number of aryl methyl sites for hydroxylation is 2. The fourth-order valence-corrected chi connectivity index (χ4v) is 3.22. The summed E-state index contributed by atoms with van der Waals surface area (Å²) in [6, 6.07) is 4.34. The Hall–Kier alpha value is -1.57. The highest BCUT2D eigenvalue weighted by Crippen LogP contribution is 2.23. The number of hydrogen-bond donors (Lipinski definition) is 2. The summed E-state index contributed by atoms with van der Waals surface area (Å²) < 4.78 is 37.5. The van der Waals surface area contributed by atoms with Gasteiger partial charge in [0, 0.05) is 11.6 Å². The quantitative estimate of drug-likeness (QED) is 0.879. The maximum Gasteiger partial charge on any atom is 0.274 e. The summed E-state index contributed by atoms with van der Waals surface area (Å²) in [6.07, 6.45) is 0. The molecule has 6 nitrogen and oxygen atoms in total. The first-order valence-corrected chi connectivity index (χ1v) is 7.70. The molecule has 0 spiro atoms. The van der Waals surface area contributed by atoms with Gasteiger partial charge < -0.3 is 14.6 Å². The molecule has 1 atom stereocenters. The molecular weight excluding hydrogens is 280 g/mol. The fraction of sp³-hybridized carbons (Fsp3) is 0.385. The molecule has 1 unspecified atom stereocenters. The predicted octanol–water partition coefficient (Wildman–Crippen LogP) is 1.99. The molecule has 0 aromatic carbocycles. The molecule has 0 bridgehead atoms. The van der Waals surface area contributed by atoms with Gasteiger partial charge >= 0.3 is 0 Å². The van der Waals surface area contributed by atoms with Gasteiger partial charge in [0.15, 0.2) is 0 Å². The number of hydrogen-bond acceptors (Lipinski definition) is 5. The molecule has 2 rings (SSSR count). The van der Waals surface area contributed by atoms with Crippen molar-refractivity contribution in [1.82, 2.24) is 4.72 Å². The Bertz CT molecular complexity index is 700. The predicted molar refractivity (Wildman–Crippen MR) is 73.5 cm³/mol. The topological polar surface area (TPSA) is 98.5 Å². The van der Waals surface area contributed by atoms with Crippen LogP contribution >= 0.6 is 0 Å². The highest BCUT2D eigenvalue weighted by molar-refractivity contribution is 7.89. The maximum absolute atomic E-state index is 12.2. The van der Waals surface area contributed by atoms with Crippen molar-refractivity contribution < 1.29 is 17.3 Å². The van der Waals surface area contributed by atoms with Crippen LogP contribution in [-0.4, -0.2) is 8.42 Å². The Kier molecular flexibility index (Phi) is 4.03. The van der Waals surface area contributed by atoms with E-state index in [-0.39, 0.29) is 11.6 Å². The zero-order valence-electron chi connectivity index (χ0n) is 11.6. The van der Waals surface area contributed by atoms with E-state index in [4.69, 9.17) is 14.6 Å². The molecule has 0 fully saturated rings. The molecule has 0 aliphatic carbocycles. The molecule has 3 N–H and O–H groups in total. The van der Waals surface area contributed by atoms with E-state index in [2.05, 4.69) is 4.72 Å². The second kappa shape index (κ2) is 5.43. The second-order valence-electron chi connectivity index (χ2n) is 4.64. The zero-order chi connectivity index (χ0) is 14.9. The SMILES string of the molecule is Cc1cc(C(C)NS(=O)(=O)c2ccc(CN)o2)c(C)o1. The lowest BCUT2D eigenvalue weighted by Gasteiger charge is -2.12. The van der Waals surface area contributed by atoms with Crippen LogP contribution in [-0.2, 0) is 16.6 Å². The van der Waals surface area contributed by atoms with Crippen LogP contribution in [0.5, 0.6) is 0 Å². The van der Waals surface area contributed by atoms with Crippen LogP contribution in [0.25, 0.3) is 0 Å². The largest absolute Gasteiger partial charge is 0.466 e. The normalized spacial score (nSPS) is 13.6. The van der Waals surface area contributed by atoms with Crippen LogP contribution in [0.15, 0.2) is 32.1 Å². The van der Waals surface area contributed by atoms with Crippen molar-refractivity contribution >= 4 is 10.0 Å². The van der Waals surface area contributed by atoms with E-state index in [1.54, 1.807) is 19.9 Å². The van der Waals surface area contributed by atoms with Crippen molar-refractivity contribution in [2.24, 2.45) is 5.73 Å². The van der Waals surface area contributed by atoms with Crippen molar-refractivity contribution in [1.29, 1.82) is 0 Å². The Balaban J connectivity index is 2.21. The second-order valence-corrected chi connectivity index (χ2v) is 6.28. The van der Waals surface area contributed by atoms with Crippen molar-refractivity contribution in [2.45, 2.75) is 38.5 Å². The average Bonchev–Trinajstić information content (AvgIpc) is 2.95. The van der Waals surface area contributed by atoms with E-state index < -0.39 is 16.1 Å². The first kappa shape index (κ1) is 14.8. The Labute approximate surface area is 118 Å². The van der Waals surface area contributed by atoms with Crippen LogP contribution in [0.3, 0.4) is 0 Å². The molecule has 0 amide bonds. The fourth-order valence-electron chi connectivity index (χ4n) is 2.05. The summed E-state index contributed by atoms with van der Waals surface area (Å²) in [5, 5.41) is -0.136. The standard InChI is InChI=1S/C13H18N2O4S/c1-8-6-12(10(3)18-8)9(2)15-20(16,17)13-5-4-11(7-14)19-13/h4-6,9,15H,7,14H2,1-3H3. The molecule has 0 saturated carbocycles. The molecule has 2 heterocycles. The van der Waals surface area contributed by atoms with E-state index in [1.807, 2.05) is 13.0 Å². The van der Waals surface area contributed by atoms with Gasteiger partial charge in [-0.15, -0.1) is 0 Å². The Morgan fingerprint density at radius 3 is 2.50 bits per heavy atom. The third-order valence-corrected chi connectivity index (χ3v) is 4.39. The lowest BCUT2D eigenvalue weighted by molar-refractivity contribution is 0.410. The van der Waals surface area contributed by atoms with Crippen molar-refractivity contribution in [3.05, 3.63) is 41.0 Å². The highest BCUT2D eigenvalue weighted by atomic mass is 32.2. The van der Waals surface area contributed by atoms with E-state index in [1.165, 1.54) is 6.07 Å². The monoisotopic (exact) mass is 298 g/mol. The van der Waals surface area contributed by atoms with Crippen molar-refractivity contribution in [3.63, 3.8) is 0 Å². The van der Waals surface area contributed by atoms with Gasteiger partial charge in [-0.3, -0.25) is 0 Å². The first-order valence-electron chi connectivity index (χ1n) is 6.21. The van der Waals surface area contributed by atoms with Crippen molar-refractivity contribution in [3.8, 4) is 0 Å². The van der Waals surface area contributed by atoms with Crippen LogP contribution in [0.4, 0.5) is 0 Å². The van der Waals surface area contributed by atoms with Gasteiger partial charge in [0.2, 0.25) is 5.09 Å².